The normalized spacial score (nSPS) is 17.4. The Morgan fingerprint density at radius 2 is 2.05 bits per heavy atom. The van der Waals surface area contributed by atoms with E-state index in [-0.39, 0.29) is 24.2 Å². The van der Waals surface area contributed by atoms with Crippen molar-refractivity contribution in [3.05, 3.63) is 24.3 Å². The zero-order valence-corrected chi connectivity index (χ0v) is 11.3. The Morgan fingerprint density at radius 3 is 2.65 bits per heavy atom. The summed E-state index contributed by atoms with van der Waals surface area (Å²) in [5.74, 6) is 1.05. The van der Waals surface area contributed by atoms with Crippen molar-refractivity contribution in [2.75, 3.05) is 26.8 Å². The highest BCUT2D eigenvalue weighted by molar-refractivity contribution is 5.89. The highest BCUT2D eigenvalue weighted by atomic mass is 16.5. The molecule has 0 bridgehead atoms. The summed E-state index contributed by atoms with van der Waals surface area (Å²) < 4.78 is 10.5. The Morgan fingerprint density at radius 1 is 1.35 bits per heavy atom. The average Bonchev–Trinajstić information content (AvgIpc) is 2.91. The molecule has 2 amide bonds. The van der Waals surface area contributed by atoms with Gasteiger partial charge in [-0.1, -0.05) is 0 Å². The quantitative estimate of drug-likeness (QED) is 0.735. The first-order valence-corrected chi connectivity index (χ1v) is 6.50. The van der Waals surface area contributed by atoms with Crippen molar-refractivity contribution in [3.8, 4) is 11.5 Å². The van der Waals surface area contributed by atoms with Gasteiger partial charge in [0.1, 0.15) is 18.1 Å². The van der Waals surface area contributed by atoms with Crippen LogP contribution < -0.4 is 20.1 Å². The summed E-state index contributed by atoms with van der Waals surface area (Å²) in [6.07, 6.45) is 0.269. The highest BCUT2D eigenvalue weighted by Crippen LogP contribution is 2.16. The minimum absolute atomic E-state index is 0.0698. The number of carbonyl (C=O) groups is 2. The molecule has 0 saturated carbocycles. The van der Waals surface area contributed by atoms with Crippen LogP contribution in [0.3, 0.4) is 0 Å². The van der Waals surface area contributed by atoms with E-state index in [1.807, 2.05) is 12.1 Å². The summed E-state index contributed by atoms with van der Waals surface area (Å²) in [7, 11) is 1.61. The van der Waals surface area contributed by atoms with Gasteiger partial charge in [0.25, 0.3) is 0 Å². The van der Waals surface area contributed by atoms with Crippen LogP contribution >= 0.6 is 0 Å². The van der Waals surface area contributed by atoms with Crippen molar-refractivity contribution in [3.63, 3.8) is 0 Å². The molecule has 1 fully saturated rings. The molecule has 1 heterocycles. The van der Waals surface area contributed by atoms with Crippen molar-refractivity contribution in [2.45, 2.75) is 6.42 Å². The Labute approximate surface area is 117 Å². The molecule has 108 valence electrons. The molecule has 1 aliphatic rings. The number of nitrogens with one attached hydrogen (secondary N) is 2. The van der Waals surface area contributed by atoms with Crippen LogP contribution in [0.25, 0.3) is 0 Å². The first kappa shape index (κ1) is 14.2. The van der Waals surface area contributed by atoms with E-state index >= 15 is 0 Å². The van der Waals surface area contributed by atoms with Crippen LogP contribution in [0.15, 0.2) is 24.3 Å². The minimum Gasteiger partial charge on any atom is -0.497 e. The first-order chi connectivity index (χ1) is 9.69. The maximum atomic E-state index is 11.7. The van der Waals surface area contributed by atoms with Gasteiger partial charge >= 0.3 is 0 Å². The van der Waals surface area contributed by atoms with Gasteiger partial charge in [-0.25, -0.2) is 0 Å². The minimum atomic E-state index is -0.261. The maximum absolute atomic E-state index is 11.7. The topological polar surface area (TPSA) is 76.7 Å². The SMILES string of the molecule is COc1ccc(OCCNC(=O)[C@@H]2CNC(=O)C2)cc1. The van der Waals surface area contributed by atoms with E-state index < -0.39 is 0 Å². The Bertz CT molecular complexity index is 473. The molecule has 20 heavy (non-hydrogen) atoms. The van der Waals surface area contributed by atoms with Gasteiger partial charge in [0, 0.05) is 13.0 Å². The van der Waals surface area contributed by atoms with Gasteiger partial charge in [-0.05, 0) is 24.3 Å². The van der Waals surface area contributed by atoms with Crippen LogP contribution in [-0.2, 0) is 9.59 Å². The van der Waals surface area contributed by atoms with Gasteiger partial charge in [-0.15, -0.1) is 0 Å². The van der Waals surface area contributed by atoms with E-state index in [2.05, 4.69) is 10.6 Å². The number of amides is 2. The van der Waals surface area contributed by atoms with E-state index in [1.54, 1.807) is 19.2 Å². The van der Waals surface area contributed by atoms with Crippen LogP contribution in [0.1, 0.15) is 6.42 Å². The molecule has 0 radical (unpaired) electrons. The summed E-state index contributed by atoms with van der Waals surface area (Å²) in [5.41, 5.74) is 0. The Kier molecular flexibility index (Phi) is 4.81. The molecule has 1 aromatic carbocycles. The number of hydrogen-bond donors (Lipinski definition) is 2. The molecule has 6 heteroatoms. The van der Waals surface area contributed by atoms with Crippen LogP contribution in [0.2, 0.25) is 0 Å². The number of benzene rings is 1. The lowest BCUT2D eigenvalue weighted by molar-refractivity contribution is -0.126. The van der Waals surface area contributed by atoms with Gasteiger partial charge in [-0.3, -0.25) is 9.59 Å². The molecule has 6 nitrogen and oxygen atoms in total. The number of methoxy groups -OCH3 is 1. The van der Waals surface area contributed by atoms with E-state index in [0.29, 0.717) is 19.7 Å². The third kappa shape index (κ3) is 3.88. The molecule has 0 spiro atoms. The third-order valence-electron chi connectivity index (χ3n) is 3.08. The fourth-order valence-electron chi connectivity index (χ4n) is 1.95. The number of ether oxygens (including phenoxy) is 2. The molecule has 1 atom stereocenters. The molecular weight excluding hydrogens is 260 g/mol. The summed E-state index contributed by atoms with van der Waals surface area (Å²) in [4.78, 5) is 22.7. The predicted octanol–water partition coefficient (Wildman–Crippen LogP) is 0.326. The Balaban J connectivity index is 1.65. The second-order valence-electron chi connectivity index (χ2n) is 4.52. The molecule has 1 aromatic rings. The summed E-state index contributed by atoms with van der Waals surface area (Å²) in [6, 6.07) is 7.23. The van der Waals surface area contributed by atoms with Crippen LogP contribution in [0.4, 0.5) is 0 Å². The summed E-state index contributed by atoms with van der Waals surface area (Å²) in [6.45, 7) is 1.21. The van der Waals surface area contributed by atoms with Crippen molar-refractivity contribution in [1.82, 2.24) is 10.6 Å². The Hall–Kier alpha value is -2.24. The van der Waals surface area contributed by atoms with E-state index in [0.717, 1.165) is 11.5 Å². The van der Waals surface area contributed by atoms with Gasteiger partial charge in [0.05, 0.1) is 19.6 Å². The van der Waals surface area contributed by atoms with E-state index in [1.165, 1.54) is 0 Å². The summed E-state index contributed by atoms with van der Waals surface area (Å²) in [5, 5.41) is 5.39. The van der Waals surface area contributed by atoms with E-state index in [9.17, 15) is 9.59 Å². The molecular formula is C14H18N2O4. The lowest BCUT2D eigenvalue weighted by Crippen LogP contribution is -2.34. The molecule has 2 rings (SSSR count). The predicted molar refractivity (Wildman–Crippen MR) is 72.6 cm³/mol. The van der Waals surface area contributed by atoms with Gasteiger partial charge < -0.3 is 20.1 Å². The third-order valence-corrected chi connectivity index (χ3v) is 3.08. The number of hydrogen-bond acceptors (Lipinski definition) is 4. The van der Waals surface area contributed by atoms with Crippen LogP contribution in [-0.4, -0.2) is 38.6 Å². The van der Waals surface area contributed by atoms with Gasteiger partial charge in [0.15, 0.2) is 0 Å². The zero-order valence-electron chi connectivity index (χ0n) is 11.3. The van der Waals surface area contributed by atoms with Crippen molar-refractivity contribution in [1.29, 1.82) is 0 Å². The van der Waals surface area contributed by atoms with Gasteiger partial charge in [0.2, 0.25) is 11.8 Å². The van der Waals surface area contributed by atoms with Crippen molar-refractivity contribution < 1.29 is 19.1 Å². The molecule has 0 aromatic heterocycles. The fourth-order valence-corrected chi connectivity index (χ4v) is 1.95. The fraction of sp³-hybridized carbons (Fsp3) is 0.429. The first-order valence-electron chi connectivity index (χ1n) is 6.50. The lowest BCUT2D eigenvalue weighted by atomic mass is 10.1. The lowest BCUT2D eigenvalue weighted by Gasteiger charge is -2.10. The second-order valence-corrected chi connectivity index (χ2v) is 4.52. The highest BCUT2D eigenvalue weighted by Gasteiger charge is 2.27. The smallest absolute Gasteiger partial charge is 0.225 e. The molecule has 0 unspecified atom stereocenters. The largest absolute Gasteiger partial charge is 0.497 e. The number of carbonyl (C=O) groups excluding carboxylic acids is 2. The van der Waals surface area contributed by atoms with Crippen molar-refractivity contribution in [2.24, 2.45) is 5.92 Å². The van der Waals surface area contributed by atoms with Crippen LogP contribution in [0, 0.1) is 5.92 Å². The maximum Gasteiger partial charge on any atom is 0.225 e. The van der Waals surface area contributed by atoms with Crippen LogP contribution in [0.5, 0.6) is 11.5 Å². The molecule has 1 saturated heterocycles. The standard InChI is InChI=1S/C14H18N2O4/c1-19-11-2-4-12(5-3-11)20-7-6-15-14(18)10-8-13(17)16-9-10/h2-5,10H,6-9H2,1H3,(H,15,18)(H,16,17)/t10-/m0/s1. The van der Waals surface area contributed by atoms with E-state index in [4.69, 9.17) is 9.47 Å². The zero-order chi connectivity index (χ0) is 14.4. The molecule has 2 N–H and O–H groups in total. The molecule has 1 aliphatic heterocycles. The van der Waals surface area contributed by atoms with Crippen molar-refractivity contribution >= 4 is 11.8 Å². The monoisotopic (exact) mass is 278 g/mol. The summed E-state index contributed by atoms with van der Waals surface area (Å²) >= 11 is 0. The number of rotatable bonds is 6. The molecule has 0 aliphatic carbocycles. The average molecular weight is 278 g/mol. The second kappa shape index (κ2) is 6.79. The van der Waals surface area contributed by atoms with Gasteiger partial charge in [-0.2, -0.15) is 0 Å².